The number of nitrogens with one attached hydrogen (secondary N) is 3. The molecule has 132 valence electrons. The molecule has 7 heteroatoms. The number of aromatic amines is 1. The van der Waals surface area contributed by atoms with Gasteiger partial charge in [-0.05, 0) is 25.1 Å². The summed E-state index contributed by atoms with van der Waals surface area (Å²) < 4.78 is 26.9. The molecule has 0 bridgehead atoms. The van der Waals surface area contributed by atoms with Crippen molar-refractivity contribution < 1.29 is 23.5 Å². The van der Waals surface area contributed by atoms with Crippen molar-refractivity contribution in [3.63, 3.8) is 0 Å². The van der Waals surface area contributed by atoms with Crippen LogP contribution in [0.5, 0.6) is 0 Å². The number of rotatable bonds is 4. The highest BCUT2D eigenvalue weighted by molar-refractivity contribution is 5.93. The minimum atomic E-state index is -0.638. The third-order valence-electron chi connectivity index (χ3n) is 4.63. The maximum Gasteiger partial charge on any atom is 0.282 e. The number of aromatic nitrogens is 1. The normalized spacial score (nSPS) is 16.5. The molecular weight excluding hydrogens is 326 g/mol. The van der Waals surface area contributed by atoms with Crippen LogP contribution in [0.4, 0.5) is 20.3 Å². The molecule has 0 spiro atoms. The lowest BCUT2D eigenvalue weighted by molar-refractivity contribution is -0.914. The number of pyridine rings is 1. The van der Waals surface area contributed by atoms with Gasteiger partial charge in [0.05, 0.1) is 11.9 Å². The summed E-state index contributed by atoms with van der Waals surface area (Å²) in [7, 11) is 0. The standard InChI is InChI=1S/C18H20F2N4O/c1-13(18(25)22-16-12-14(19)5-6-15(16)20)23-8-10-24(11-9-23)17-4-2-3-7-21-17/h2-7,12-13H,8-11H2,1H3,(H,22,25)/p+2/t13-/m0/s1. The van der Waals surface area contributed by atoms with Crippen molar-refractivity contribution in [2.24, 2.45) is 0 Å². The van der Waals surface area contributed by atoms with Crippen molar-refractivity contribution >= 4 is 17.4 Å². The van der Waals surface area contributed by atoms with Gasteiger partial charge in [0.2, 0.25) is 0 Å². The fraction of sp³-hybridized carbons (Fsp3) is 0.333. The van der Waals surface area contributed by atoms with E-state index in [1.54, 1.807) is 0 Å². The number of benzene rings is 1. The van der Waals surface area contributed by atoms with Gasteiger partial charge in [-0.3, -0.25) is 9.69 Å². The van der Waals surface area contributed by atoms with Gasteiger partial charge in [-0.25, -0.2) is 13.8 Å². The number of anilines is 2. The molecule has 0 radical (unpaired) electrons. The quantitative estimate of drug-likeness (QED) is 0.846. The van der Waals surface area contributed by atoms with Gasteiger partial charge in [-0.2, -0.15) is 0 Å². The maximum atomic E-state index is 13.7. The number of piperazine rings is 1. The first-order chi connectivity index (χ1) is 12.0. The molecule has 1 aromatic heterocycles. The first-order valence-electron chi connectivity index (χ1n) is 8.37. The second kappa shape index (κ2) is 7.57. The molecule has 1 aromatic carbocycles. The van der Waals surface area contributed by atoms with E-state index in [9.17, 15) is 13.6 Å². The van der Waals surface area contributed by atoms with Crippen LogP contribution in [0, 0.1) is 11.6 Å². The molecule has 2 heterocycles. The summed E-state index contributed by atoms with van der Waals surface area (Å²) in [6.45, 7) is 5.04. The third-order valence-corrected chi connectivity index (χ3v) is 4.63. The summed E-state index contributed by atoms with van der Waals surface area (Å²) in [6.07, 6.45) is 1.89. The zero-order valence-electron chi connectivity index (χ0n) is 14.1. The zero-order chi connectivity index (χ0) is 17.8. The molecule has 0 saturated carbocycles. The van der Waals surface area contributed by atoms with Gasteiger partial charge in [-0.15, -0.1) is 0 Å². The Balaban J connectivity index is 1.57. The maximum absolute atomic E-state index is 13.7. The van der Waals surface area contributed by atoms with E-state index in [0.29, 0.717) is 0 Å². The Morgan fingerprint density at radius 1 is 1.24 bits per heavy atom. The minimum absolute atomic E-state index is 0.117. The van der Waals surface area contributed by atoms with E-state index >= 15 is 0 Å². The summed E-state index contributed by atoms with van der Waals surface area (Å²) in [5.74, 6) is -0.467. The molecule has 3 N–H and O–H groups in total. The van der Waals surface area contributed by atoms with Crippen molar-refractivity contribution in [1.82, 2.24) is 0 Å². The second-order valence-corrected chi connectivity index (χ2v) is 6.23. The highest BCUT2D eigenvalue weighted by Gasteiger charge is 2.32. The Morgan fingerprint density at radius 2 is 2.00 bits per heavy atom. The largest absolute Gasteiger partial charge is 0.318 e. The topological polar surface area (TPSA) is 50.9 Å². The van der Waals surface area contributed by atoms with Gasteiger partial charge in [0.1, 0.15) is 37.8 Å². The Morgan fingerprint density at radius 3 is 2.68 bits per heavy atom. The zero-order valence-corrected chi connectivity index (χ0v) is 14.1. The van der Waals surface area contributed by atoms with E-state index in [1.807, 2.05) is 31.3 Å². The first kappa shape index (κ1) is 17.3. The Labute approximate surface area is 145 Å². The van der Waals surface area contributed by atoms with Crippen molar-refractivity contribution in [2.75, 3.05) is 36.4 Å². The summed E-state index contributed by atoms with van der Waals surface area (Å²) in [6, 6.07) is 8.63. The first-order valence-corrected chi connectivity index (χ1v) is 8.37. The van der Waals surface area contributed by atoms with Gasteiger partial charge in [0, 0.05) is 12.1 Å². The fourth-order valence-electron chi connectivity index (χ4n) is 3.07. The highest BCUT2D eigenvalue weighted by atomic mass is 19.1. The molecule has 0 aliphatic carbocycles. The molecule has 1 amide bonds. The van der Waals surface area contributed by atoms with Gasteiger partial charge >= 0.3 is 0 Å². The fourth-order valence-corrected chi connectivity index (χ4v) is 3.07. The van der Waals surface area contributed by atoms with Gasteiger partial charge in [0.25, 0.3) is 11.7 Å². The average molecular weight is 348 g/mol. The van der Waals surface area contributed by atoms with E-state index in [0.717, 1.165) is 55.1 Å². The molecule has 5 nitrogen and oxygen atoms in total. The molecule has 1 saturated heterocycles. The number of amides is 1. The SMILES string of the molecule is C[C@@H](C(=O)Nc1cc(F)ccc1F)[NH+]1CCN(c2cccc[nH+]2)CC1. The van der Waals surface area contributed by atoms with Gasteiger partial charge in [0.15, 0.2) is 6.04 Å². The van der Waals surface area contributed by atoms with Crippen LogP contribution in [0.15, 0.2) is 42.6 Å². The Kier molecular flexibility index (Phi) is 5.23. The molecular formula is C18H22F2N4O+2. The van der Waals surface area contributed by atoms with E-state index < -0.39 is 11.6 Å². The second-order valence-electron chi connectivity index (χ2n) is 6.23. The van der Waals surface area contributed by atoms with E-state index in [4.69, 9.17) is 0 Å². The Hall–Kier alpha value is -2.54. The van der Waals surface area contributed by atoms with Crippen LogP contribution < -0.4 is 20.1 Å². The number of halogens is 2. The van der Waals surface area contributed by atoms with Crippen molar-refractivity contribution in [3.8, 4) is 0 Å². The molecule has 2 aromatic rings. The Bertz CT molecular complexity index is 733. The smallest absolute Gasteiger partial charge is 0.282 e. The number of hydrogen-bond acceptors (Lipinski definition) is 2. The van der Waals surface area contributed by atoms with E-state index in [-0.39, 0.29) is 17.6 Å². The predicted molar refractivity (Wildman–Crippen MR) is 90.4 cm³/mol. The number of H-pyrrole nitrogens is 1. The lowest BCUT2D eigenvalue weighted by Gasteiger charge is -2.31. The number of carbonyl (C=O) groups is 1. The average Bonchev–Trinajstić information content (AvgIpc) is 2.65. The van der Waals surface area contributed by atoms with Crippen LogP contribution >= 0.6 is 0 Å². The van der Waals surface area contributed by atoms with Crippen LogP contribution in [-0.2, 0) is 4.79 Å². The highest BCUT2D eigenvalue weighted by Crippen LogP contribution is 2.15. The summed E-state index contributed by atoms with van der Waals surface area (Å²) >= 11 is 0. The molecule has 3 rings (SSSR count). The number of quaternary nitrogens is 1. The van der Waals surface area contributed by atoms with Gasteiger partial charge in [-0.1, -0.05) is 6.07 Å². The molecule has 1 aliphatic rings. The van der Waals surface area contributed by atoms with Crippen molar-refractivity contribution in [3.05, 3.63) is 54.2 Å². The minimum Gasteiger partial charge on any atom is -0.318 e. The summed E-state index contributed by atoms with van der Waals surface area (Å²) in [5.41, 5.74) is -0.117. The lowest BCUT2D eigenvalue weighted by atomic mass is 10.2. The predicted octanol–water partition coefficient (Wildman–Crippen LogP) is 0.511. The summed E-state index contributed by atoms with van der Waals surface area (Å²) in [4.78, 5) is 19.0. The van der Waals surface area contributed by atoms with E-state index in [1.165, 1.54) is 0 Å². The van der Waals surface area contributed by atoms with Crippen LogP contribution in [-0.4, -0.2) is 38.1 Å². The molecule has 25 heavy (non-hydrogen) atoms. The van der Waals surface area contributed by atoms with Crippen molar-refractivity contribution in [2.45, 2.75) is 13.0 Å². The van der Waals surface area contributed by atoms with Crippen molar-refractivity contribution in [1.29, 1.82) is 0 Å². The molecule has 1 atom stereocenters. The number of carbonyl (C=O) groups excluding carboxylic acids is 1. The van der Waals surface area contributed by atoms with E-state index in [2.05, 4.69) is 15.2 Å². The molecule has 1 aliphatic heterocycles. The van der Waals surface area contributed by atoms with Crippen LogP contribution in [0.2, 0.25) is 0 Å². The van der Waals surface area contributed by atoms with Crippen LogP contribution in [0.25, 0.3) is 0 Å². The third kappa shape index (κ3) is 4.11. The summed E-state index contributed by atoms with van der Waals surface area (Å²) in [5, 5.41) is 2.50. The number of nitrogens with zero attached hydrogens (tertiary/aromatic N) is 1. The monoisotopic (exact) mass is 348 g/mol. The van der Waals surface area contributed by atoms with Crippen LogP contribution in [0.1, 0.15) is 6.92 Å². The lowest BCUT2D eigenvalue weighted by Crippen LogP contribution is -3.19. The van der Waals surface area contributed by atoms with Crippen LogP contribution in [0.3, 0.4) is 0 Å². The molecule has 1 fully saturated rings. The molecule has 0 unspecified atom stereocenters. The number of hydrogen-bond donors (Lipinski definition) is 2. The van der Waals surface area contributed by atoms with Gasteiger partial charge < -0.3 is 10.2 Å².